The van der Waals surface area contributed by atoms with E-state index in [0.717, 1.165) is 5.56 Å². The monoisotopic (exact) mass is 448 g/mol. The summed E-state index contributed by atoms with van der Waals surface area (Å²) in [6, 6.07) is 13.5. The van der Waals surface area contributed by atoms with Crippen molar-refractivity contribution >= 4 is 23.5 Å². The molecule has 3 aromatic rings. The van der Waals surface area contributed by atoms with E-state index in [0.29, 0.717) is 48.8 Å². The Labute approximate surface area is 191 Å². The number of nitrogens with two attached hydrogens (primary N) is 1. The molecule has 1 aliphatic heterocycles. The molecule has 1 saturated heterocycles. The number of hydrogen-bond donors (Lipinski definition) is 3. The summed E-state index contributed by atoms with van der Waals surface area (Å²) in [4.78, 5) is 35.0. The van der Waals surface area contributed by atoms with Crippen LogP contribution in [0.5, 0.6) is 0 Å². The van der Waals surface area contributed by atoms with E-state index in [-0.39, 0.29) is 18.3 Å². The molecule has 1 fully saturated rings. The molecule has 4 rings (SSSR count). The van der Waals surface area contributed by atoms with E-state index in [1.807, 2.05) is 17.0 Å². The fourth-order valence-corrected chi connectivity index (χ4v) is 3.91. The van der Waals surface area contributed by atoms with Crippen LogP contribution in [0.2, 0.25) is 0 Å². The van der Waals surface area contributed by atoms with Gasteiger partial charge >= 0.3 is 0 Å². The highest BCUT2D eigenvalue weighted by molar-refractivity contribution is 5.87. The number of pyridine rings is 2. The van der Waals surface area contributed by atoms with E-state index in [9.17, 15) is 14.0 Å². The number of amides is 2. The fraction of sp³-hybridized carbons (Fsp3) is 0.250. The third kappa shape index (κ3) is 5.43. The van der Waals surface area contributed by atoms with Crippen molar-refractivity contribution in [2.75, 3.05) is 36.4 Å². The van der Waals surface area contributed by atoms with Gasteiger partial charge in [0.15, 0.2) is 0 Å². The lowest BCUT2D eigenvalue weighted by atomic mass is 9.92. The third-order valence-electron chi connectivity index (χ3n) is 5.48. The fourth-order valence-electron chi connectivity index (χ4n) is 3.91. The summed E-state index contributed by atoms with van der Waals surface area (Å²) in [5, 5.41) is 6.08. The number of hydrogen-bond acceptors (Lipinski definition) is 6. The first-order chi connectivity index (χ1) is 16.0. The summed E-state index contributed by atoms with van der Waals surface area (Å²) in [5.74, 6) is -0.524. The molecule has 33 heavy (non-hydrogen) atoms. The Hall–Kier alpha value is -4.01. The van der Waals surface area contributed by atoms with Gasteiger partial charge < -0.3 is 21.3 Å². The second-order valence-corrected chi connectivity index (χ2v) is 7.81. The SMILES string of the molecule is NC(=O)C(c1cccnc1)c1ccc(N2CCNC(=O)C2)nc1NCCc1cccc(F)c1. The number of carbonyl (C=O) groups is 2. The molecular formula is C24H25FN6O2. The zero-order valence-corrected chi connectivity index (χ0v) is 18.0. The molecule has 4 N–H and O–H groups in total. The van der Waals surface area contributed by atoms with Crippen LogP contribution in [0.4, 0.5) is 16.0 Å². The highest BCUT2D eigenvalue weighted by Gasteiger charge is 2.26. The Morgan fingerprint density at radius 1 is 1.24 bits per heavy atom. The number of benzene rings is 1. The second-order valence-electron chi connectivity index (χ2n) is 7.81. The minimum Gasteiger partial charge on any atom is -0.369 e. The topological polar surface area (TPSA) is 113 Å². The molecule has 1 aliphatic rings. The quantitative estimate of drug-likeness (QED) is 0.485. The van der Waals surface area contributed by atoms with E-state index in [1.54, 1.807) is 36.7 Å². The molecule has 8 nitrogen and oxygen atoms in total. The lowest BCUT2D eigenvalue weighted by Crippen LogP contribution is -2.48. The van der Waals surface area contributed by atoms with Gasteiger partial charge in [0.2, 0.25) is 11.8 Å². The molecule has 0 saturated carbocycles. The molecule has 1 aromatic carbocycles. The molecule has 0 radical (unpaired) electrons. The van der Waals surface area contributed by atoms with Crippen molar-refractivity contribution in [1.82, 2.24) is 15.3 Å². The Morgan fingerprint density at radius 2 is 2.12 bits per heavy atom. The molecule has 170 valence electrons. The van der Waals surface area contributed by atoms with Gasteiger partial charge in [-0.3, -0.25) is 14.6 Å². The van der Waals surface area contributed by atoms with Gasteiger partial charge in [-0.15, -0.1) is 0 Å². The molecular weight excluding hydrogens is 423 g/mol. The van der Waals surface area contributed by atoms with Crippen LogP contribution in [0.25, 0.3) is 0 Å². The Balaban J connectivity index is 1.65. The Kier molecular flexibility index (Phi) is 6.77. The van der Waals surface area contributed by atoms with Gasteiger partial charge in [-0.05, 0) is 41.8 Å². The molecule has 0 bridgehead atoms. The smallest absolute Gasteiger partial charge is 0.239 e. The van der Waals surface area contributed by atoms with Crippen LogP contribution >= 0.6 is 0 Å². The van der Waals surface area contributed by atoms with Gasteiger partial charge in [0.25, 0.3) is 0 Å². The number of piperazine rings is 1. The molecule has 2 aromatic heterocycles. The lowest BCUT2D eigenvalue weighted by molar-refractivity contribution is -0.120. The number of rotatable bonds is 8. The number of nitrogens with one attached hydrogen (secondary N) is 2. The zero-order chi connectivity index (χ0) is 23.2. The molecule has 0 spiro atoms. The summed E-state index contributed by atoms with van der Waals surface area (Å²) in [6.45, 7) is 1.83. The minimum absolute atomic E-state index is 0.0712. The minimum atomic E-state index is -0.749. The predicted octanol–water partition coefficient (Wildman–Crippen LogP) is 1.82. The van der Waals surface area contributed by atoms with Gasteiger partial charge in [-0.25, -0.2) is 9.37 Å². The van der Waals surface area contributed by atoms with Crippen LogP contribution in [-0.2, 0) is 16.0 Å². The number of nitrogens with zero attached hydrogens (tertiary/aromatic N) is 3. The van der Waals surface area contributed by atoms with Crippen molar-refractivity contribution in [2.45, 2.75) is 12.3 Å². The molecule has 2 amide bonds. The first kappa shape index (κ1) is 22.2. The van der Waals surface area contributed by atoms with Crippen LogP contribution in [-0.4, -0.2) is 48.0 Å². The van der Waals surface area contributed by atoms with Gasteiger partial charge in [-0.2, -0.15) is 0 Å². The van der Waals surface area contributed by atoms with Crippen molar-refractivity contribution in [1.29, 1.82) is 0 Å². The van der Waals surface area contributed by atoms with E-state index in [1.165, 1.54) is 12.1 Å². The number of halogens is 1. The maximum atomic E-state index is 13.5. The summed E-state index contributed by atoms with van der Waals surface area (Å²) in [5.41, 5.74) is 7.89. The van der Waals surface area contributed by atoms with Crippen LogP contribution < -0.4 is 21.3 Å². The van der Waals surface area contributed by atoms with Gasteiger partial charge in [0, 0.05) is 37.6 Å². The number of anilines is 2. The Morgan fingerprint density at radius 3 is 2.85 bits per heavy atom. The van der Waals surface area contributed by atoms with E-state index in [4.69, 9.17) is 10.7 Å². The molecule has 0 aliphatic carbocycles. The van der Waals surface area contributed by atoms with E-state index < -0.39 is 11.8 Å². The van der Waals surface area contributed by atoms with Crippen molar-refractivity contribution < 1.29 is 14.0 Å². The summed E-state index contributed by atoms with van der Waals surface area (Å²) >= 11 is 0. The maximum absolute atomic E-state index is 13.5. The highest BCUT2D eigenvalue weighted by Crippen LogP contribution is 2.31. The standard InChI is InChI=1S/C24H25FN6O2/c25-18-5-1-3-16(13-18)8-10-29-24-19(22(23(26)33)17-4-2-9-27-14-17)6-7-20(30-24)31-12-11-28-21(32)15-31/h1-7,9,13-14,22H,8,10-12,15H2,(H2,26,33)(H,28,32)(H,29,30). The normalized spacial score (nSPS) is 14.5. The first-order valence-corrected chi connectivity index (χ1v) is 10.7. The number of primary amides is 1. The number of aromatic nitrogens is 2. The van der Waals surface area contributed by atoms with Crippen LogP contribution in [0.1, 0.15) is 22.6 Å². The third-order valence-corrected chi connectivity index (χ3v) is 5.48. The highest BCUT2D eigenvalue weighted by atomic mass is 19.1. The van der Waals surface area contributed by atoms with Crippen molar-refractivity contribution in [3.05, 3.63) is 83.4 Å². The molecule has 9 heteroatoms. The average Bonchev–Trinajstić information content (AvgIpc) is 2.80. The van der Waals surface area contributed by atoms with Crippen LogP contribution in [0.3, 0.4) is 0 Å². The van der Waals surface area contributed by atoms with E-state index >= 15 is 0 Å². The van der Waals surface area contributed by atoms with E-state index in [2.05, 4.69) is 15.6 Å². The average molecular weight is 449 g/mol. The van der Waals surface area contributed by atoms with Crippen LogP contribution in [0.15, 0.2) is 60.9 Å². The zero-order valence-electron chi connectivity index (χ0n) is 18.0. The van der Waals surface area contributed by atoms with Crippen LogP contribution in [0, 0.1) is 5.82 Å². The molecule has 1 unspecified atom stereocenters. The lowest BCUT2D eigenvalue weighted by Gasteiger charge is -2.29. The predicted molar refractivity (Wildman–Crippen MR) is 123 cm³/mol. The summed E-state index contributed by atoms with van der Waals surface area (Å²) in [6.07, 6.45) is 3.79. The molecule has 1 atom stereocenters. The Bertz CT molecular complexity index is 1140. The van der Waals surface area contributed by atoms with Gasteiger partial charge in [0.1, 0.15) is 17.5 Å². The van der Waals surface area contributed by atoms with Gasteiger partial charge in [0.05, 0.1) is 12.5 Å². The number of carbonyl (C=O) groups excluding carboxylic acids is 2. The summed E-state index contributed by atoms with van der Waals surface area (Å²) < 4.78 is 13.5. The van der Waals surface area contributed by atoms with Crippen molar-refractivity contribution in [2.24, 2.45) is 5.73 Å². The first-order valence-electron chi connectivity index (χ1n) is 10.7. The largest absolute Gasteiger partial charge is 0.369 e. The van der Waals surface area contributed by atoms with Crippen molar-refractivity contribution in [3.63, 3.8) is 0 Å². The maximum Gasteiger partial charge on any atom is 0.239 e. The molecule has 3 heterocycles. The second kappa shape index (κ2) is 10.1. The summed E-state index contributed by atoms with van der Waals surface area (Å²) in [7, 11) is 0. The van der Waals surface area contributed by atoms with Gasteiger partial charge in [-0.1, -0.05) is 24.3 Å². The van der Waals surface area contributed by atoms with Crippen molar-refractivity contribution in [3.8, 4) is 0 Å².